The zero-order chi connectivity index (χ0) is 26.4. The van der Waals surface area contributed by atoms with Crippen molar-refractivity contribution < 1.29 is 14.3 Å². The van der Waals surface area contributed by atoms with Gasteiger partial charge in [0.1, 0.15) is 5.75 Å². The first-order chi connectivity index (χ1) is 17.9. The molecule has 4 rings (SSSR count). The highest BCUT2D eigenvalue weighted by molar-refractivity contribution is 8.00. The van der Waals surface area contributed by atoms with Crippen LogP contribution in [-0.4, -0.2) is 29.2 Å². The zero-order valence-electron chi connectivity index (χ0n) is 21.2. The third-order valence-corrected chi connectivity index (χ3v) is 7.96. The Balaban J connectivity index is 1.42. The number of carbonyl (C=O) groups excluding carboxylic acids is 2. The van der Waals surface area contributed by atoms with Gasteiger partial charge in [0.25, 0.3) is 5.91 Å². The van der Waals surface area contributed by atoms with Crippen LogP contribution in [-0.2, 0) is 4.79 Å². The number of nitrogens with one attached hydrogen (secondary N) is 2. The number of carbonyl (C=O) groups is 2. The molecule has 1 aromatic heterocycles. The Bertz CT molecular complexity index is 1400. The van der Waals surface area contributed by atoms with Crippen LogP contribution in [0.4, 0.5) is 10.8 Å². The SMILES string of the molecule is CCC(Sc1cccc(NC(=O)c2cccc(OC)c2)c1)C(=O)Nc1nc(-c2ccc(C)cc2)c(C)s1. The molecule has 1 unspecified atom stereocenters. The third kappa shape index (κ3) is 6.78. The zero-order valence-corrected chi connectivity index (χ0v) is 22.8. The van der Waals surface area contributed by atoms with Crippen LogP contribution < -0.4 is 15.4 Å². The maximum absolute atomic E-state index is 13.1. The summed E-state index contributed by atoms with van der Waals surface area (Å²) in [6, 6.07) is 22.7. The summed E-state index contributed by atoms with van der Waals surface area (Å²) in [4.78, 5) is 32.4. The first kappa shape index (κ1) is 26.4. The van der Waals surface area contributed by atoms with E-state index >= 15 is 0 Å². The van der Waals surface area contributed by atoms with Gasteiger partial charge in [-0.05, 0) is 56.7 Å². The van der Waals surface area contributed by atoms with E-state index < -0.39 is 0 Å². The van der Waals surface area contributed by atoms with Crippen LogP contribution in [0, 0.1) is 13.8 Å². The van der Waals surface area contributed by atoms with Gasteiger partial charge in [0.15, 0.2) is 5.13 Å². The van der Waals surface area contributed by atoms with E-state index in [2.05, 4.69) is 34.7 Å². The molecule has 6 nitrogen and oxygen atoms in total. The summed E-state index contributed by atoms with van der Waals surface area (Å²) >= 11 is 2.94. The van der Waals surface area contributed by atoms with Gasteiger partial charge in [0, 0.05) is 26.6 Å². The number of anilines is 2. The van der Waals surface area contributed by atoms with E-state index in [1.54, 1.807) is 31.4 Å². The highest BCUT2D eigenvalue weighted by atomic mass is 32.2. The summed E-state index contributed by atoms with van der Waals surface area (Å²) in [5, 5.41) is 6.21. The maximum atomic E-state index is 13.1. The molecule has 0 saturated heterocycles. The van der Waals surface area contributed by atoms with E-state index in [0.29, 0.717) is 28.6 Å². The molecule has 0 aliphatic carbocycles. The first-order valence-electron chi connectivity index (χ1n) is 11.9. The molecular weight excluding hydrogens is 502 g/mol. The standard InChI is InChI=1S/C29H29N3O3S2/c1-5-25(28(34)32-29-31-26(19(3)36-29)20-14-12-18(2)13-15-20)37-24-11-7-9-22(17-24)30-27(33)21-8-6-10-23(16-21)35-4/h6-17,25H,5H2,1-4H3,(H,30,33)(H,31,32,34). The van der Waals surface area contributed by atoms with E-state index in [1.165, 1.54) is 28.7 Å². The lowest BCUT2D eigenvalue weighted by atomic mass is 10.1. The topological polar surface area (TPSA) is 80.3 Å². The second-order valence-electron chi connectivity index (χ2n) is 8.51. The largest absolute Gasteiger partial charge is 0.497 e. The summed E-state index contributed by atoms with van der Waals surface area (Å²) in [6.45, 7) is 6.05. The molecule has 0 radical (unpaired) electrons. The van der Waals surface area contributed by atoms with Gasteiger partial charge in [0.05, 0.1) is 18.1 Å². The molecule has 2 N–H and O–H groups in total. The molecule has 0 bridgehead atoms. The van der Waals surface area contributed by atoms with Gasteiger partial charge in [-0.1, -0.05) is 48.9 Å². The second-order valence-corrected chi connectivity index (χ2v) is 11.0. The molecule has 0 fully saturated rings. The molecule has 0 aliphatic rings. The molecule has 4 aromatic rings. The van der Waals surface area contributed by atoms with Crippen molar-refractivity contribution in [1.29, 1.82) is 0 Å². The van der Waals surface area contributed by atoms with Gasteiger partial charge in [-0.15, -0.1) is 23.1 Å². The minimum Gasteiger partial charge on any atom is -0.497 e. The van der Waals surface area contributed by atoms with Crippen LogP contribution in [0.5, 0.6) is 5.75 Å². The molecule has 0 saturated carbocycles. The van der Waals surface area contributed by atoms with Crippen molar-refractivity contribution in [3.05, 3.63) is 88.8 Å². The molecule has 190 valence electrons. The van der Waals surface area contributed by atoms with Crippen LogP contribution in [0.25, 0.3) is 11.3 Å². The van der Waals surface area contributed by atoms with Crippen LogP contribution >= 0.6 is 23.1 Å². The van der Waals surface area contributed by atoms with Crippen LogP contribution in [0.2, 0.25) is 0 Å². The van der Waals surface area contributed by atoms with E-state index in [4.69, 9.17) is 4.74 Å². The van der Waals surface area contributed by atoms with Gasteiger partial charge in [-0.3, -0.25) is 9.59 Å². The van der Waals surface area contributed by atoms with Gasteiger partial charge in [-0.25, -0.2) is 4.98 Å². The Morgan fingerprint density at radius 2 is 1.76 bits per heavy atom. The predicted octanol–water partition coefficient (Wildman–Crippen LogP) is 7.20. The minimum atomic E-state index is -0.309. The summed E-state index contributed by atoms with van der Waals surface area (Å²) in [5.74, 6) is 0.298. The molecular formula is C29H29N3O3S2. The van der Waals surface area contributed by atoms with Crippen molar-refractivity contribution in [2.75, 3.05) is 17.7 Å². The van der Waals surface area contributed by atoms with Gasteiger partial charge >= 0.3 is 0 Å². The van der Waals surface area contributed by atoms with Gasteiger partial charge < -0.3 is 15.4 Å². The molecule has 2 amide bonds. The van der Waals surface area contributed by atoms with Crippen molar-refractivity contribution in [3.63, 3.8) is 0 Å². The van der Waals surface area contributed by atoms with E-state index in [9.17, 15) is 9.59 Å². The fraction of sp³-hybridized carbons (Fsp3) is 0.207. The average molecular weight is 532 g/mol. The van der Waals surface area contributed by atoms with E-state index in [1.807, 2.05) is 50.2 Å². The van der Waals surface area contributed by atoms with Gasteiger partial charge in [-0.2, -0.15) is 0 Å². The second kappa shape index (κ2) is 12.1. The number of aromatic nitrogens is 1. The minimum absolute atomic E-state index is 0.0949. The highest BCUT2D eigenvalue weighted by Crippen LogP contribution is 2.32. The van der Waals surface area contributed by atoms with Crippen molar-refractivity contribution in [1.82, 2.24) is 4.98 Å². The number of hydrogen-bond acceptors (Lipinski definition) is 6. The first-order valence-corrected chi connectivity index (χ1v) is 13.6. The van der Waals surface area contributed by atoms with Crippen molar-refractivity contribution in [3.8, 4) is 17.0 Å². The number of benzene rings is 3. The Labute approximate surface area is 225 Å². The van der Waals surface area contributed by atoms with Crippen LogP contribution in [0.1, 0.15) is 34.1 Å². The van der Waals surface area contributed by atoms with Crippen molar-refractivity contribution in [2.45, 2.75) is 37.3 Å². The summed E-state index contributed by atoms with van der Waals surface area (Å²) < 4.78 is 5.21. The summed E-state index contributed by atoms with van der Waals surface area (Å²) in [7, 11) is 1.57. The normalized spacial score (nSPS) is 11.6. The Hall–Kier alpha value is -3.62. The Kier molecular flexibility index (Phi) is 8.63. The van der Waals surface area contributed by atoms with Crippen molar-refractivity contribution in [2.24, 2.45) is 0 Å². The highest BCUT2D eigenvalue weighted by Gasteiger charge is 2.21. The number of thiazole rings is 1. The van der Waals surface area contributed by atoms with E-state index in [0.717, 1.165) is 21.0 Å². The summed E-state index contributed by atoms with van der Waals surface area (Å²) in [5.41, 5.74) is 4.28. The monoisotopic (exact) mass is 531 g/mol. The number of rotatable bonds is 9. The number of thioether (sulfide) groups is 1. The Morgan fingerprint density at radius 3 is 2.49 bits per heavy atom. The summed E-state index contributed by atoms with van der Waals surface area (Å²) in [6.07, 6.45) is 0.645. The molecule has 3 aromatic carbocycles. The maximum Gasteiger partial charge on any atom is 0.255 e. The lowest BCUT2D eigenvalue weighted by molar-refractivity contribution is -0.115. The van der Waals surface area contributed by atoms with Crippen molar-refractivity contribution >= 4 is 45.7 Å². The number of aryl methyl sites for hydroxylation is 2. The molecule has 1 atom stereocenters. The third-order valence-electron chi connectivity index (χ3n) is 5.72. The lowest BCUT2D eigenvalue weighted by Crippen LogP contribution is -2.24. The fourth-order valence-electron chi connectivity index (χ4n) is 3.72. The molecule has 0 spiro atoms. The Morgan fingerprint density at radius 1 is 1.00 bits per heavy atom. The molecule has 0 aliphatic heterocycles. The number of ether oxygens (including phenoxy) is 1. The number of methoxy groups -OCH3 is 1. The smallest absolute Gasteiger partial charge is 0.255 e. The van der Waals surface area contributed by atoms with Crippen LogP contribution in [0.3, 0.4) is 0 Å². The van der Waals surface area contributed by atoms with Gasteiger partial charge in [0.2, 0.25) is 5.91 Å². The van der Waals surface area contributed by atoms with E-state index in [-0.39, 0.29) is 17.1 Å². The lowest BCUT2D eigenvalue weighted by Gasteiger charge is -2.14. The predicted molar refractivity (Wildman–Crippen MR) is 153 cm³/mol. The quantitative estimate of drug-likeness (QED) is 0.223. The number of nitrogens with zero attached hydrogens (tertiary/aromatic N) is 1. The molecule has 37 heavy (non-hydrogen) atoms. The number of hydrogen-bond donors (Lipinski definition) is 2. The average Bonchev–Trinajstić information content (AvgIpc) is 3.27. The van der Waals surface area contributed by atoms with Crippen LogP contribution in [0.15, 0.2) is 77.7 Å². The number of amides is 2. The fourth-order valence-corrected chi connectivity index (χ4v) is 5.57. The molecule has 8 heteroatoms. The molecule has 1 heterocycles.